The van der Waals surface area contributed by atoms with Crippen molar-refractivity contribution in [2.45, 2.75) is 13.8 Å². The van der Waals surface area contributed by atoms with Crippen LogP contribution in [0.1, 0.15) is 11.1 Å². The molecule has 0 radical (unpaired) electrons. The standard InChI is InChI=1S/C12H13N/c1-8-3-4-10-7-12(13)9(2)6-11(10)5-8/h3-7H,13H2,1-2H3. The zero-order chi connectivity index (χ0) is 9.42. The Kier molecular flexibility index (Phi) is 1.73. The summed E-state index contributed by atoms with van der Waals surface area (Å²) >= 11 is 0. The van der Waals surface area contributed by atoms with Gasteiger partial charge in [0.25, 0.3) is 0 Å². The maximum absolute atomic E-state index is 5.82. The lowest BCUT2D eigenvalue weighted by Gasteiger charge is -2.04. The fourth-order valence-corrected chi connectivity index (χ4v) is 1.55. The predicted octanol–water partition coefficient (Wildman–Crippen LogP) is 3.04. The number of nitrogen functional groups attached to an aromatic ring is 1. The van der Waals surface area contributed by atoms with Gasteiger partial charge in [-0.25, -0.2) is 0 Å². The highest BCUT2D eigenvalue weighted by Gasteiger charge is 1.97. The van der Waals surface area contributed by atoms with Crippen LogP contribution in [0.15, 0.2) is 30.3 Å². The van der Waals surface area contributed by atoms with Crippen molar-refractivity contribution in [2.24, 2.45) is 0 Å². The van der Waals surface area contributed by atoms with E-state index in [1.165, 1.54) is 16.3 Å². The maximum atomic E-state index is 5.82. The van der Waals surface area contributed by atoms with Crippen LogP contribution in [0, 0.1) is 13.8 Å². The van der Waals surface area contributed by atoms with Crippen molar-refractivity contribution in [1.29, 1.82) is 0 Å². The molecule has 0 spiro atoms. The topological polar surface area (TPSA) is 26.0 Å². The molecular formula is C12H13N. The Labute approximate surface area is 78.2 Å². The SMILES string of the molecule is Cc1ccc2cc(N)c(C)cc2c1. The normalized spacial score (nSPS) is 10.6. The van der Waals surface area contributed by atoms with Crippen molar-refractivity contribution < 1.29 is 0 Å². The largest absolute Gasteiger partial charge is 0.398 e. The molecule has 1 heteroatoms. The zero-order valence-corrected chi connectivity index (χ0v) is 7.96. The Morgan fingerprint density at radius 3 is 2.46 bits per heavy atom. The van der Waals surface area contributed by atoms with Gasteiger partial charge in [-0.05, 0) is 42.3 Å². The summed E-state index contributed by atoms with van der Waals surface area (Å²) < 4.78 is 0. The molecule has 0 saturated carbocycles. The van der Waals surface area contributed by atoms with Crippen molar-refractivity contribution in [3.8, 4) is 0 Å². The van der Waals surface area contributed by atoms with Gasteiger partial charge in [0.2, 0.25) is 0 Å². The van der Waals surface area contributed by atoms with Crippen LogP contribution < -0.4 is 5.73 Å². The van der Waals surface area contributed by atoms with Crippen LogP contribution >= 0.6 is 0 Å². The van der Waals surface area contributed by atoms with Crippen LogP contribution in [-0.4, -0.2) is 0 Å². The van der Waals surface area contributed by atoms with Crippen LogP contribution in [0.2, 0.25) is 0 Å². The number of anilines is 1. The highest BCUT2D eigenvalue weighted by Crippen LogP contribution is 2.22. The van der Waals surface area contributed by atoms with E-state index < -0.39 is 0 Å². The second kappa shape index (κ2) is 2.77. The van der Waals surface area contributed by atoms with Gasteiger partial charge in [-0.1, -0.05) is 23.8 Å². The molecule has 2 aromatic rings. The van der Waals surface area contributed by atoms with Crippen LogP contribution in [0.5, 0.6) is 0 Å². The molecule has 0 heterocycles. The molecule has 0 saturated heterocycles. The average molecular weight is 171 g/mol. The third-order valence-electron chi connectivity index (χ3n) is 2.38. The number of aryl methyl sites for hydroxylation is 2. The Morgan fingerprint density at radius 2 is 1.69 bits per heavy atom. The molecule has 66 valence electrons. The van der Waals surface area contributed by atoms with Gasteiger partial charge < -0.3 is 5.73 Å². The van der Waals surface area contributed by atoms with Gasteiger partial charge in [-0.3, -0.25) is 0 Å². The Bertz CT molecular complexity index is 458. The molecule has 1 nitrogen and oxygen atoms in total. The predicted molar refractivity (Wildman–Crippen MR) is 57.8 cm³/mol. The van der Waals surface area contributed by atoms with Crippen LogP contribution in [0.4, 0.5) is 5.69 Å². The summed E-state index contributed by atoms with van der Waals surface area (Å²) in [7, 11) is 0. The van der Waals surface area contributed by atoms with E-state index in [0.29, 0.717) is 0 Å². The minimum Gasteiger partial charge on any atom is -0.398 e. The lowest BCUT2D eigenvalue weighted by atomic mass is 10.0. The smallest absolute Gasteiger partial charge is 0.0350 e. The fraction of sp³-hybridized carbons (Fsp3) is 0.167. The Morgan fingerprint density at radius 1 is 0.923 bits per heavy atom. The van der Waals surface area contributed by atoms with E-state index in [-0.39, 0.29) is 0 Å². The third-order valence-corrected chi connectivity index (χ3v) is 2.38. The first-order valence-corrected chi connectivity index (χ1v) is 4.43. The van der Waals surface area contributed by atoms with Crippen molar-refractivity contribution in [2.75, 3.05) is 5.73 Å². The van der Waals surface area contributed by atoms with Crippen LogP contribution in [0.3, 0.4) is 0 Å². The van der Waals surface area contributed by atoms with Crippen molar-refractivity contribution in [3.63, 3.8) is 0 Å². The molecule has 0 amide bonds. The third kappa shape index (κ3) is 1.37. The van der Waals surface area contributed by atoms with Crippen molar-refractivity contribution in [3.05, 3.63) is 41.5 Å². The highest BCUT2D eigenvalue weighted by molar-refractivity contribution is 5.87. The van der Waals surface area contributed by atoms with E-state index in [1.807, 2.05) is 13.0 Å². The number of hydrogen-bond acceptors (Lipinski definition) is 1. The number of rotatable bonds is 0. The lowest BCUT2D eigenvalue weighted by molar-refractivity contribution is 1.47. The first kappa shape index (κ1) is 8.11. The van der Waals surface area contributed by atoms with E-state index in [9.17, 15) is 0 Å². The maximum Gasteiger partial charge on any atom is 0.0350 e. The summed E-state index contributed by atoms with van der Waals surface area (Å²) in [6.07, 6.45) is 0. The van der Waals surface area contributed by atoms with E-state index in [1.54, 1.807) is 0 Å². The molecule has 0 aliphatic carbocycles. The van der Waals surface area contributed by atoms with Gasteiger partial charge in [0.05, 0.1) is 0 Å². The molecule has 2 rings (SSSR count). The summed E-state index contributed by atoms with van der Waals surface area (Å²) in [5.74, 6) is 0. The van der Waals surface area contributed by atoms with Crippen LogP contribution in [-0.2, 0) is 0 Å². The number of nitrogens with two attached hydrogens (primary N) is 1. The zero-order valence-electron chi connectivity index (χ0n) is 7.96. The molecule has 13 heavy (non-hydrogen) atoms. The van der Waals surface area contributed by atoms with Gasteiger partial charge in [-0.15, -0.1) is 0 Å². The van der Waals surface area contributed by atoms with Gasteiger partial charge in [0.1, 0.15) is 0 Å². The summed E-state index contributed by atoms with van der Waals surface area (Å²) in [4.78, 5) is 0. The molecule has 0 aromatic heterocycles. The van der Waals surface area contributed by atoms with E-state index in [0.717, 1.165) is 11.3 Å². The van der Waals surface area contributed by atoms with Crippen molar-refractivity contribution in [1.82, 2.24) is 0 Å². The van der Waals surface area contributed by atoms with Gasteiger partial charge >= 0.3 is 0 Å². The Hall–Kier alpha value is -1.50. The molecule has 0 bridgehead atoms. The molecule has 0 aliphatic rings. The molecule has 0 aliphatic heterocycles. The molecule has 0 unspecified atom stereocenters. The van der Waals surface area contributed by atoms with E-state index in [4.69, 9.17) is 5.73 Å². The van der Waals surface area contributed by atoms with Gasteiger partial charge in [0, 0.05) is 5.69 Å². The molecule has 2 N–H and O–H groups in total. The summed E-state index contributed by atoms with van der Waals surface area (Å²) in [5.41, 5.74) is 9.14. The van der Waals surface area contributed by atoms with E-state index >= 15 is 0 Å². The number of hydrogen-bond donors (Lipinski definition) is 1. The summed E-state index contributed by atoms with van der Waals surface area (Å²) in [6, 6.07) is 10.6. The summed E-state index contributed by atoms with van der Waals surface area (Å²) in [5, 5.41) is 2.49. The van der Waals surface area contributed by atoms with Crippen molar-refractivity contribution >= 4 is 16.5 Å². The fourth-order valence-electron chi connectivity index (χ4n) is 1.55. The van der Waals surface area contributed by atoms with E-state index in [2.05, 4.69) is 31.2 Å². The summed E-state index contributed by atoms with van der Waals surface area (Å²) in [6.45, 7) is 4.14. The highest BCUT2D eigenvalue weighted by atomic mass is 14.5. The Balaban J connectivity index is 2.81. The van der Waals surface area contributed by atoms with Crippen LogP contribution in [0.25, 0.3) is 10.8 Å². The monoisotopic (exact) mass is 171 g/mol. The average Bonchev–Trinajstić information content (AvgIpc) is 2.08. The number of benzene rings is 2. The van der Waals surface area contributed by atoms with Gasteiger partial charge in [-0.2, -0.15) is 0 Å². The first-order valence-electron chi connectivity index (χ1n) is 4.43. The second-order valence-electron chi connectivity index (χ2n) is 3.56. The molecular weight excluding hydrogens is 158 g/mol. The minimum absolute atomic E-state index is 0.872. The van der Waals surface area contributed by atoms with Gasteiger partial charge in [0.15, 0.2) is 0 Å². The molecule has 0 fully saturated rings. The minimum atomic E-state index is 0.872. The quantitative estimate of drug-likeness (QED) is 0.606. The first-order chi connectivity index (χ1) is 6.16. The number of fused-ring (bicyclic) bond motifs is 1. The second-order valence-corrected chi connectivity index (χ2v) is 3.56. The molecule has 0 atom stereocenters. The molecule has 2 aromatic carbocycles. The lowest BCUT2D eigenvalue weighted by Crippen LogP contribution is -1.89.